The molecule has 0 spiro atoms. The van der Waals surface area contributed by atoms with Crippen LogP contribution >= 0.6 is 0 Å². The monoisotopic (exact) mass is 253 g/mol. The topological polar surface area (TPSA) is 85.3 Å². The van der Waals surface area contributed by atoms with E-state index in [2.05, 4.69) is 15.3 Å². The average Bonchev–Trinajstić information content (AvgIpc) is 2.63. The Morgan fingerprint density at radius 1 is 1.65 bits per heavy atom. The maximum absolute atomic E-state index is 11.1. The molecule has 7 heteroatoms. The van der Waals surface area contributed by atoms with Crippen LogP contribution in [0.3, 0.4) is 0 Å². The molecular weight excluding hydrogens is 238 g/mol. The van der Waals surface area contributed by atoms with Gasteiger partial charge < -0.3 is 15.5 Å². The summed E-state index contributed by atoms with van der Waals surface area (Å²) in [4.78, 5) is 8.40. The standard InChI is InChI=1S/C10H15N5OS/c1-7(6-17(2)16)13-9-10-12-3-4-15(10)5-8(11)14-9/h3-5,7H,6,11H2,1-2H3,(H,13,14). The van der Waals surface area contributed by atoms with Crippen molar-refractivity contribution in [3.05, 3.63) is 18.6 Å². The minimum Gasteiger partial charge on any atom is -0.382 e. The molecule has 0 bridgehead atoms. The van der Waals surface area contributed by atoms with E-state index in [1.54, 1.807) is 29.2 Å². The summed E-state index contributed by atoms with van der Waals surface area (Å²) in [5, 5.41) is 3.18. The molecule has 2 rings (SSSR count). The van der Waals surface area contributed by atoms with Gasteiger partial charge in [0, 0.05) is 41.2 Å². The zero-order valence-corrected chi connectivity index (χ0v) is 10.6. The molecule has 0 saturated heterocycles. The van der Waals surface area contributed by atoms with Gasteiger partial charge in [-0.1, -0.05) is 0 Å². The number of nitrogens with one attached hydrogen (secondary N) is 1. The third-order valence-electron chi connectivity index (χ3n) is 2.26. The molecule has 0 fully saturated rings. The van der Waals surface area contributed by atoms with Gasteiger partial charge in [0.2, 0.25) is 0 Å². The molecule has 2 heterocycles. The van der Waals surface area contributed by atoms with Crippen molar-refractivity contribution in [2.45, 2.75) is 13.0 Å². The van der Waals surface area contributed by atoms with Crippen molar-refractivity contribution >= 4 is 28.1 Å². The van der Waals surface area contributed by atoms with Crippen LogP contribution in [0.25, 0.3) is 5.65 Å². The summed E-state index contributed by atoms with van der Waals surface area (Å²) < 4.78 is 12.9. The number of aromatic nitrogens is 3. The number of rotatable bonds is 4. The molecule has 0 aromatic carbocycles. The van der Waals surface area contributed by atoms with Gasteiger partial charge in [-0.05, 0) is 6.92 Å². The molecule has 6 nitrogen and oxygen atoms in total. The first-order valence-electron chi connectivity index (χ1n) is 5.22. The van der Waals surface area contributed by atoms with Gasteiger partial charge in [0.1, 0.15) is 5.82 Å². The Morgan fingerprint density at radius 3 is 3.12 bits per heavy atom. The molecule has 2 aromatic heterocycles. The molecule has 3 N–H and O–H groups in total. The second kappa shape index (κ2) is 4.70. The first kappa shape index (κ1) is 11.8. The van der Waals surface area contributed by atoms with E-state index in [0.29, 0.717) is 23.0 Å². The number of hydrogen-bond acceptors (Lipinski definition) is 5. The van der Waals surface area contributed by atoms with Crippen molar-refractivity contribution in [1.82, 2.24) is 14.4 Å². The Labute approximate surface area is 102 Å². The highest BCUT2D eigenvalue weighted by molar-refractivity contribution is 7.84. The smallest absolute Gasteiger partial charge is 0.180 e. The Kier molecular flexibility index (Phi) is 3.28. The van der Waals surface area contributed by atoms with Crippen molar-refractivity contribution in [2.75, 3.05) is 23.1 Å². The zero-order chi connectivity index (χ0) is 12.4. The summed E-state index contributed by atoms with van der Waals surface area (Å²) in [6, 6.07) is 0.0515. The van der Waals surface area contributed by atoms with Crippen LogP contribution < -0.4 is 11.1 Å². The van der Waals surface area contributed by atoms with Gasteiger partial charge in [-0.3, -0.25) is 4.21 Å². The lowest BCUT2D eigenvalue weighted by Crippen LogP contribution is -2.23. The Balaban J connectivity index is 2.28. The lowest BCUT2D eigenvalue weighted by atomic mass is 10.4. The van der Waals surface area contributed by atoms with E-state index in [1.165, 1.54) is 0 Å². The minimum absolute atomic E-state index is 0.0515. The molecule has 2 atom stereocenters. The Hall–Kier alpha value is -1.63. The van der Waals surface area contributed by atoms with E-state index in [9.17, 15) is 4.21 Å². The summed E-state index contributed by atoms with van der Waals surface area (Å²) >= 11 is 0. The molecule has 17 heavy (non-hydrogen) atoms. The van der Waals surface area contributed by atoms with Gasteiger partial charge in [0.25, 0.3) is 0 Å². The number of hydrogen-bond donors (Lipinski definition) is 2. The molecule has 2 aromatic rings. The van der Waals surface area contributed by atoms with Crippen LogP contribution in [0, 0.1) is 0 Å². The van der Waals surface area contributed by atoms with Gasteiger partial charge in [-0.15, -0.1) is 0 Å². The van der Waals surface area contributed by atoms with Crippen LogP contribution in [0.4, 0.5) is 11.6 Å². The van der Waals surface area contributed by atoms with Gasteiger partial charge in [0.15, 0.2) is 11.5 Å². The highest BCUT2D eigenvalue weighted by Crippen LogP contribution is 2.15. The number of nitrogen functional groups attached to an aromatic ring is 1. The molecule has 0 aliphatic rings. The van der Waals surface area contributed by atoms with E-state index in [4.69, 9.17) is 5.73 Å². The van der Waals surface area contributed by atoms with Gasteiger partial charge in [-0.2, -0.15) is 0 Å². The number of nitrogens with two attached hydrogens (primary N) is 1. The number of imidazole rings is 1. The number of nitrogens with zero attached hydrogens (tertiary/aromatic N) is 3. The minimum atomic E-state index is -0.848. The third kappa shape index (κ3) is 2.73. The Morgan fingerprint density at radius 2 is 2.41 bits per heavy atom. The lowest BCUT2D eigenvalue weighted by molar-refractivity contribution is 0.683. The van der Waals surface area contributed by atoms with Crippen LogP contribution in [-0.4, -0.2) is 36.6 Å². The van der Waals surface area contributed by atoms with Crippen LogP contribution in [-0.2, 0) is 10.8 Å². The lowest BCUT2D eigenvalue weighted by Gasteiger charge is -2.13. The maximum atomic E-state index is 11.1. The van der Waals surface area contributed by atoms with Crippen LogP contribution in [0.5, 0.6) is 0 Å². The summed E-state index contributed by atoms with van der Waals surface area (Å²) in [6.07, 6.45) is 6.87. The first-order chi connectivity index (χ1) is 8.06. The van der Waals surface area contributed by atoms with Crippen LogP contribution in [0.1, 0.15) is 6.92 Å². The largest absolute Gasteiger partial charge is 0.382 e. The van der Waals surface area contributed by atoms with Crippen molar-refractivity contribution < 1.29 is 4.21 Å². The van der Waals surface area contributed by atoms with Crippen molar-refractivity contribution in [3.8, 4) is 0 Å². The van der Waals surface area contributed by atoms with Crippen molar-refractivity contribution in [3.63, 3.8) is 0 Å². The van der Waals surface area contributed by atoms with E-state index < -0.39 is 10.8 Å². The quantitative estimate of drug-likeness (QED) is 0.828. The fourth-order valence-electron chi connectivity index (χ4n) is 1.68. The highest BCUT2D eigenvalue weighted by atomic mass is 32.2. The van der Waals surface area contributed by atoms with E-state index in [-0.39, 0.29) is 6.04 Å². The fraction of sp³-hybridized carbons (Fsp3) is 0.400. The normalized spacial score (nSPS) is 14.7. The predicted octanol–water partition coefficient (Wildman–Crippen LogP) is 0.490. The predicted molar refractivity (Wildman–Crippen MR) is 69.4 cm³/mol. The molecule has 92 valence electrons. The number of anilines is 2. The average molecular weight is 253 g/mol. The third-order valence-corrected chi connectivity index (χ3v) is 3.23. The van der Waals surface area contributed by atoms with Crippen molar-refractivity contribution in [1.29, 1.82) is 0 Å². The summed E-state index contributed by atoms with van der Waals surface area (Å²) in [5.74, 6) is 1.60. The van der Waals surface area contributed by atoms with Gasteiger partial charge >= 0.3 is 0 Å². The summed E-state index contributed by atoms with van der Waals surface area (Å²) in [6.45, 7) is 1.95. The molecule has 0 aliphatic heterocycles. The van der Waals surface area contributed by atoms with Gasteiger partial charge in [0.05, 0.1) is 6.20 Å². The molecule has 0 radical (unpaired) electrons. The number of fused-ring (bicyclic) bond motifs is 1. The maximum Gasteiger partial charge on any atom is 0.180 e. The molecule has 0 amide bonds. The van der Waals surface area contributed by atoms with E-state index >= 15 is 0 Å². The van der Waals surface area contributed by atoms with Crippen molar-refractivity contribution in [2.24, 2.45) is 0 Å². The summed E-state index contributed by atoms with van der Waals surface area (Å²) in [5.41, 5.74) is 6.42. The molecule has 0 aliphatic carbocycles. The summed E-state index contributed by atoms with van der Waals surface area (Å²) in [7, 11) is -0.848. The van der Waals surface area contributed by atoms with Gasteiger partial charge in [-0.25, -0.2) is 9.97 Å². The zero-order valence-electron chi connectivity index (χ0n) is 9.75. The SMILES string of the molecule is CC(CS(C)=O)Nc1nc(N)cn2ccnc12. The molecule has 0 saturated carbocycles. The fourth-order valence-corrected chi connectivity index (χ4v) is 2.46. The van der Waals surface area contributed by atoms with Crippen LogP contribution in [0.15, 0.2) is 18.6 Å². The van der Waals surface area contributed by atoms with E-state index in [1.807, 2.05) is 6.92 Å². The van der Waals surface area contributed by atoms with E-state index in [0.717, 1.165) is 0 Å². The molecule has 2 unspecified atom stereocenters. The first-order valence-corrected chi connectivity index (χ1v) is 6.94. The van der Waals surface area contributed by atoms with Crippen LogP contribution in [0.2, 0.25) is 0 Å². The molecular formula is C10H15N5OS. The second-order valence-electron chi connectivity index (χ2n) is 3.96. The highest BCUT2D eigenvalue weighted by Gasteiger charge is 2.10. The second-order valence-corrected chi connectivity index (χ2v) is 5.44. The Bertz CT molecular complexity index is 553.